The summed E-state index contributed by atoms with van der Waals surface area (Å²) in [5.74, 6) is 0. The second-order valence-corrected chi connectivity index (χ2v) is 13.2. The summed E-state index contributed by atoms with van der Waals surface area (Å²) in [4.78, 5) is 0. The van der Waals surface area contributed by atoms with Crippen molar-refractivity contribution >= 4 is 21.1 Å². The van der Waals surface area contributed by atoms with Crippen LogP contribution in [0.15, 0.2) is 12.3 Å². The molecule has 0 N–H and O–H groups in total. The third-order valence-corrected chi connectivity index (χ3v) is 6.27. The highest BCUT2D eigenvalue weighted by Gasteiger charge is 2.28. The normalized spacial score (nSPS) is 12.9. The van der Waals surface area contributed by atoms with Crippen molar-refractivity contribution in [2.24, 2.45) is 0 Å². The molecule has 0 fully saturated rings. The molecule has 1 aromatic rings. The van der Waals surface area contributed by atoms with Crippen molar-refractivity contribution in [1.82, 2.24) is 9.78 Å². The summed E-state index contributed by atoms with van der Waals surface area (Å²) >= 11 is 0. The quantitative estimate of drug-likeness (QED) is 0.419. The molecule has 1 aromatic heterocycles. The average molecular weight is 306 g/mol. The number of nitrogens with zero attached hydrogens (tertiary/aromatic N) is 2. The lowest BCUT2D eigenvalue weighted by Gasteiger charge is -2.17. The third-order valence-electron chi connectivity index (χ3n) is 2.67. The number of rotatable bonds is 8. The van der Waals surface area contributed by atoms with Crippen molar-refractivity contribution in [1.29, 1.82) is 0 Å². The van der Waals surface area contributed by atoms with Crippen LogP contribution in [0, 0.1) is 0 Å². The third kappa shape index (κ3) is 4.85. The van der Waals surface area contributed by atoms with E-state index in [1.807, 2.05) is 0 Å². The van der Waals surface area contributed by atoms with Gasteiger partial charge in [0.25, 0.3) is 0 Å². The summed E-state index contributed by atoms with van der Waals surface area (Å²) in [5.41, 5.74) is 0.408. The van der Waals surface area contributed by atoms with E-state index in [0.717, 1.165) is 6.04 Å². The summed E-state index contributed by atoms with van der Waals surface area (Å²) < 4.78 is 29.3. The number of hydrogen-bond donors (Lipinski definition) is 0. The van der Waals surface area contributed by atoms with Crippen LogP contribution in [0.2, 0.25) is 25.7 Å². The second-order valence-electron chi connectivity index (χ2n) is 5.40. The van der Waals surface area contributed by atoms with E-state index in [1.54, 1.807) is 12.3 Å². The molecule has 0 aliphatic heterocycles. The molecule has 0 saturated heterocycles. The minimum absolute atomic E-state index is 0.253. The van der Waals surface area contributed by atoms with Crippen molar-refractivity contribution in [2.75, 3.05) is 20.8 Å². The van der Waals surface area contributed by atoms with Gasteiger partial charge in [-0.15, -0.1) is 0 Å². The lowest BCUT2D eigenvalue weighted by Crippen LogP contribution is -2.24. The molecule has 0 amide bonds. The van der Waals surface area contributed by atoms with Gasteiger partial charge in [0.05, 0.1) is 0 Å². The van der Waals surface area contributed by atoms with Gasteiger partial charge in [-0.1, -0.05) is 19.6 Å². The lowest BCUT2D eigenvalue weighted by atomic mass is 10.7. The molecule has 8 heteroatoms. The van der Waals surface area contributed by atoms with Gasteiger partial charge in [-0.2, -0.15) is 5.10 Å². The Morgan fingerprint density at radius 1 is 1.32 bits per heavy atom. The Balaban J connectivity index is 2.62. The van der Waals surface area contributed by atoms with Crippen LogP contribution in [-0.2, 0) is 25.1 Å². The maximum absolute atomic E-state index is 12.3. The number of hydrogen-bond acceptors (Lipinski definition) is 5. The molecule has 1 heterocycles. The molecule has 0 saturated carbocycles. The zero-order valence-corrected chi connectivity index (χ0v) is 14.1. The fourth-order valence-corrected chi connectivity index (χ4v) is 3.37. The molecular weight excluding hydrogens is 283 g/mol. The highest BCUT2D eigenvalue weighted by molar-refractivity contribution is 7.61. The Bertz CT molecular complexity index is 436. The van der Waals surface area contributed by atoms with Crippen LogP contribution in [0.4, 0.5) is 0 Å². The van der Waals surface area contributed by atoms with Crippen LogP contribution in [0.5, 0.6) is 0 Å². The van der Waals surface area contributed by atoms with Crippen molar-refractivity contribution < 1.29 is 18.3 Å². The summed E-state index contributed by atoms with van der Waals surface area (Å²) in [6.07, 6.45) is 1.56. The van der Waals surface area contributed by atoms with Gasteiger partial charge < -0.3 is 13.8 Å². The van der Waals surface area contributed by atoms with Crippen molar-refractivity contribution in [3.63, 3.8) is 0 Å². The van der Waals surface area contributed by atoms with E-state index in [-0.39, 0.29) is 6.73 Å². The summed E-state index contributed by atoms with van der Waals surface area (Å²) in [5, 5.41) is 4.08. The van der Waals surface area contributed by atoms with Gasteiger partial charge in [0, 0.05) is 35.1 Å². The molecule has 0 unspecified atom stereocenters. The lowest BCUT2D eigenvalue weighted by molar-refractivity contribution is 0.0801. The highest BCUT2D eigenvalue weighted by Crippen LogP contribution is 2.44. The summed E-state index contributed by atoms with van der Waals surface area (Å²) in [6.45, 7) is 7.81. The number of ether oxygens (including phenoxy) is 1. The van der Waals surface area contributed by atoms with E-state index in [2.05, 4.69) is 24.7 Å². The fraction of sp³-hybridized carbons (Fsp3) is 0.727. The summed E-state index contributed by atoms with van der Waals surface area (Å²) in [6, 6.07) is 2.70. The second kappa shape index (κ2) is 6.81. The zero-order chi connectivity index (χ0) is 14.5. The first-order valence-electron chi connectivity index (χ1n) is 6.14. The van der Waals surface area contributed by atoms with Crippen molar-refractivity contribution in [3.05, 3.63) is 12.3 Å². The molecule has 0 radical (unpaired) electrons. The van der Waals surface area contributed by atoms with Crippen LogP contribution >= 0.6 is 7.60 Å². The van der Waals surface area contributed by atoms with Crippen LogP contribution in [0.25, 0.3) is 0 Å². The first-order chi connectivity index (χ1) is 8.82. The first kappa shape index (κ1) is 16.6. The Kier molecular flexibility index (Phi) is 5.95. The summed E-state index contributed by atoms with van der Waals surface area (Å²) in [7, 11) is -1.67. The topological polar surface area (TPSA) is 62.6 Å². The first-order valence-corrected chi connectivity index (χ1v) is 11.4. The van der Waals surface area contributed by atoms with E-state index in [0.29, 0.717) is 12.0 Å². The van der Waals surface area contributed by atoms with Crippen molar-refractivity contribution in [2.45, 2.75) is 32.4 Å². The molecule has 6 nitrogen and oxygen atoms in total. The molecule has 19 heavy (non-hydrogen) atoms. The van der Waals surface area contributed by atoms with Crippen LogP contribution in [0.3, 0.4) is 0 Å². The van der Waals surface area contributed by atoms with E-state index >= 15 is 0 Å². The Hall–Kier alpha value is -0.463. The minimum atomic E-state index is -3.28. The van der Waals surface area contributed by atoms with Gasteiger partial charge in [-0.3, -0.25) is 4.57 Å². The smallest absolute Gasteiger partial charge is 0.360 e. The van der Waals surface area contributed by atoms with E-state index in [9.17, 15) is 4.57 Å². The molecule has 0 aliphatic carbocycles. The average Bonchev–Trinajstić information content (AvgIpc) is 2.81. The SMILES string of the molecule is COP(=O)(OC)c1ccnn1COCC[Si](C)(C)C. The van der Waals surface area contributed by atoms with Gasteiger partial charge in [0.2, 0.25) is 0 Å². The fourth-order valence-electron chi connectivity index (χ4n) is 1.45. The Morgan fingerprint density at radius 3 is 2.47 bits per heavy atom. The molecule has 0 bridgehead atoms. The highest BCUT2D eigenvalue weighted by atomic mass is 31.2. The number of aromatic nitrogens is 2. The Morgan fingerprint density at radius 2 is 1.95 bits per heavy atom. The van der Waals surface area contributed by atoms with Crippen molar-refractivity contribution in [3.8, 4) is 0 Å². The molecule has 1 rings (SSSR count). The predicted octanol–water partition coefficient (Wildman–Crippen LogP) is 2.31. The minimum Gasteiger partial charge on any atom is -0.360 e. The maximum atomic E-state index is 12.3. The van der Waals surface area contributed by atoms with Gasteiger partial charge in [0.15, 0.2) is 5.44 Å². The monoisotopic (exact) mass is 306 g/mol. The largest absolute Gasteiger partial charge is 0.378 e. The van der Waals surface area contributed by atoms with Gasteiger partial charge in [-0.05, 0) is 12.1 Å². The molecule has 0 atom stereocenters. The van der Waals surface area contributed by atoms with E-state index in [4.69, 9.17) is 13.8 Å². The zero-order valence-electron chi connectivity index (χ0n) is 12.3. The maximum Gasteiger partial charge on any atom is 0.378 e. The van der Waals surface area contributed by atoms with E-state index in [1.165, 1.54) is 18.9 Å². The molecule has 0 spiro atoms. The molecular formula is C11H23N2O4PSi. The molecule has 0 aromatic carbocycles. The Labute approximate surface area is 115 Å². The standard InChI is InChI=1S/C11H23N2O4PSi/c1-15-18(14,16-2)11-6-7-12-13(11)10-17-8-9-19(3,4)5/h6-7H,8-10H2,1-5H3. The van der Waals surface area contributed by atoms with Crippen LogP contribution < -0.4 is 5.44 Å². The predicted molar refractivity (Wildman–Crippen MR) is 77.6 cm³/mol. The van der Waals surface area contributed by atoms with Crippen LogP contribution in [0.1, 0.15) is 0 Å². The molecule has 110 valence electrons. The molecule has 0 aliphatic rings. The van der Waals surface area contributed by atoms with Gasteiger partial charge in [0.1, 0.15) is 6.73 Å². The van der Waals surface area contributed by atoms with E-state index < -0.39 is 15.7 Å². The van der Waals surface area contributed by atoms with Gasteiger partial charge >= 0.3 is 7.60 Å². The van der Waals surface area contributed by atoms with Crippen LogP contribution in [-0.4, -0.2) is 38.7 Å². The van der Waals surface area contributed by atoms with Gasteiger partial charge in [-0.25, -0.2) is 4.68 Å².